The van der Waals surface area contributed by atoms with Gasteiger partial charge < -0.3 is 18.1 Å². The summed E-state index contributed by atoms with van der Waals surface area (Å²) in [5.41, 5.74) is 0. The van der Waals surface area contributed by atoms with E-state index in [4.69, 9.17) is 13.3 Å². The van der Waals surface area contributed by atoms with Crippen LogP contribution >= 0.6 is 0 Å². The van der Waals surface area contributed by atoms with Gasteiger partial charge in [0, 0.05) is 19.8 Å². The van der Waals surface area contributed by atoms with Crippen LogP contribution in [0.1, 0.15) is 80.1 Å². The zero-order chi connectivity index (χ0) is 17.7. The van der Waals surface area contributed by atoms with Crippen LogP contribution in [0, 0.1) is 17.8 Å². The molecule has 0 aromatic carbocycles. The Labute approximate surface area is 145 Å². The molecule has 0 unspecified atom stereocenters. The van der Waals surface area contributed by atoms with Gasteiger partial charge in [0.2, 0.25) is 0 Å². The first-order chi connectivity index (χ1) is 10.7. The highest BCUT2D eigenvalue weighted by molar-refractivity contribution is 6.51. The average molecular weight is 349 g/mol. The Morgan fingerprint density at radius 2 is 0.870 bits per heavy atom. The van der Waals surface area contributed by atoms with E-state index in [9.17, 15) is 4.80 Å². The summed E-state index contributed by atoms with van der Waals surface area (Å²) < 4.78 is 16.9. The minimum absolute atomic E-state index is 0.509. The fraction of sp³-hybridized carbons (Fsp3) is 1.00. The van der Waals surface area contributed by atoms with Crippen LogP contribution in [0.2, 0.25) is 0 Å². The van der Waals surface area contributed by atoms with Crippen LogP contribution in [0.4, 0.5) is 0 Å². The van der Waals surface area contributed by atoms with Crippen LogP contribution in [-0.4, -0.2) is 33.7 Å². The average Bonchev–Trinajstić information content (AvgIpc) is 2.44. The van der Waals surface area contributed by atoms with Crippen molar-refractivity contribution < 1.29 is 18.1 Å². The van der Waals surface area contributed by atoms with Crippen molar-refractivity contribution in [2.24, 2.45) is 17.8 Å². The van der Waals surface area contributed by atoms with E-state index in [1.807, 2.05) is 0 Å². The molecule has 0 saturated carbocycles. The van der Waals surface area contributed by atoms with Crippen molar-refractivity contribution in [3.05, 3.63) is 0 Å². The summed E-state index contributed by atoms with van der Waals surface area (Å²) in [7, 11) is -3.47. The van der Waals surface area contributed by atoms with Gasteiger partial charge in [0.15, 0.2) is 0 Å². The fourth-order valence-electron chi connectivity index (χ4n) is 2.20. The third kappa shape index (κ3) is 15.3. The second-order valence-electron chi connectivity index (χ2n) is 7.68. The SMILES string of the molecule is CC(C)CCCO[Si](O)(OCCCC(C)C)OCCCC(C)C. The molecule has 5 heteroatoms. The summed E-state index contributed by atoms with van der Waals surface area (Å²) in [6.07, 6.45) is 6.05. The van der Waals surface area contributed by atoms with E-state index >= 15 is 0 Å². The van der Waals surface area contributed by atoms with E-state index in [-0.39, 0.29) is 0 Å². The van der Waals surface area contributed by atoms with E-state index in [0.717, 1.165) is 38.5 Å². The second-order valence-corrected chi connectivity index (χ2v) is 9.59. The van der Waals surface area contributed by atoms with Crippen molar-refractivity contribution in [2.75, 3.05) is 19.8 Å². The molecule has 0 aliphatic rings. The molecule has 0 atom stereocenters. The highest BCUT2D eigenvalue weighted by Gasteiger charge is 2.41. The quantitative estimate of drug-likeness (QED) is 0.342. The summed E-state index contributed by atoms with van der Waals surface area (Å²) in [4.78, 5) is 10.6. The Balaban J connectivity index is 4.16. The molecule has 23 heavy (non-hydrogen) atoms. The number of rotatable bonds is 15. The van der Waals surface area contributed by atoms with Crippen LogP contribution in [0.25, 0.3) is 0 Å². The van der Waals surface area contributed by atoms with Crippen molar-refractivity contribution in [3.63, 3.8) is 0 Å². The standard InChI is InChI=1S/C18H40O4Si/c1-16(2)10-7-13-20-23(19,21-14-8-11-17(3)4)22-15-9-12-18(5)6/h16-19H,7-15H2,1-6H3. The molecular weight excluding hydrogens is 308 g/mol. The van der Waals surface area contributed by atoms with Gasteiger partial charge in [0.25, 0.3) is 0 Å². The predicted molar refractivity (Wildman–Crippen MR) is 98.0 cm³/mol. The largest absolute Gasteiger partial charge is 0.676 e. The topological polar surface area (TPSA) is 47.9 Å². The van der Waals surface area contributed by atoms with Crippen molar-refractivity contribution in [2.45, 2.75) is 80.1 Å². The Bertz CT molecular complexity index is 229. The van der Waals surface area contributed by atoms with Crippen LogP contribution in [-0.2, 0) is 13.3 Å². The Morgan fingerprint density at radius 1 is 0.609 bits per heavy atom. The molecule has 140 valence electrons. The van der Waals surface area contributed by atoms with Gasteiger partial charge in [-0.3, -0.25) is 0 Å². The molecule has 0 spiro atoms. The first-order valence-electron chi connectivity index (χ1n) is 9.39. The molecule has 0 aliphatic carbocycles. The molecule has 4 nitrogen and oxygen atoms in total. The van der Waals surface area contributed by atoms with Gasteiger partial charge in [-0.1, -0.05) is 41.5 Å². The zero-order valence-electron chi connectivity index (χ0n) is 16.3. The fourth-order valence-corrected chi connectivity index (χ4v) is 3.66. The van der Waals surface area contributed by atoms with Crippen LogP contribution in [0.5, 0.6) is 0 Å². The lowest BCUT2D eigenvalue weighted by Crippen LogP contribution is -2.47. The third-order valence-electron chi connectivity index (χ3n) is 3.63. The molecular formula is C18H40O4Si. The molecule has 0 radical (unpaired) electrons. The summed E-state index contributed by atoms with van der Waals surface area (Å²) in [6, 6.07) is 0. The first kappa shape index (κ1) is 23.1. The Hall–Kier alpha value is 0.0569. The summed E-state index contributed by atoms with van der Waals surface area (Å²) in [5.74, 6) is 1.94. The monoisotopic (exact) mass is 348 g/mol. The Kier molecular flexibility index (Phi) is 13.4. The number of hydrogen-bond acceptors (Lipinski definition) is 4. The molecule has 0 fully saturated rings. The van der Waals surface area contributed by atoms with E-state index < -0.39 is 9.05 Å². The molecule has 0 aromatic heterocycles. The van der Waals surface area contributed by atoms with E-state index in [1.54, 1.807) is 0 Å². The molecule has 0 rings (SSSR count). The lowest BCUT2D eigenvalue weighted by atomic mass is 10.1. The van der Waals surface area contributed by atoms with E-state index in [2.05, 4.69) is 41.5 Å². The van der Waals surface area contributed by atoms with Crippen LogP contribution < -0.4 is 0 Å². The highest BCUT2D eigenvalue weighted by atomic mass is 28.4. The number of hydrogen-bond donors (Lipinski definition) is 1. The minimum atomic E-state index is -3.47. The van der Waals surface area contributed by atoms with Gasteiger partial charge in [0.05, 0.1) is 0 Å². The van der Waals surface area contributed by atoms with Gasteiger partial charge in [0.1, 0.15) is 0 Å². The van der Waals surface area contributed by atoms with Crippen LogP contribution in [0.15, 0.2) is 0 Å². The van der Waals surface area contributed by atoms with Gasteiger partial charge in [-0.2, -0.15) is 0 Å². The molecule has 0 bridgehead atoms. The van der Waals surface area contributed by atoms with Crippen LogP contribution in [0.3, 0.4) is 0 Å². The van der Waals surface area contributed by atoms with E-state index in [1.165, 1.54) is 0 Å². The summed E-state index contributed by atoms with van der Waals surface area (Å²) in [5, 5.41) is 0. The van der Waals surface area contributed by atoms with Gasteiger partial charge in [-0.15, -0.1) is 0 Å². The van der Waals surface area contributed by atoms with Gasteiger partial charge >= 0.3 is 9.05 Å². The molecule has 0 aromatic rings. The maximum Gasteiger partial charge on any atom is 0.676 e. The second kappa shape index (κ2) is 13.4. The molecule has 0 amide bonds. The summed E-state index contributed by atoms with van der Waals surface area (Å²) >= 11 is 0. The first-order valence-corrected chi connectivity index (χ1v) is 11.1. The normalized spacial score (nSPS) is 12.8. The lowest BCUT2D eigenvalue weighted by Gasteiger charge is -2.23. The smallest absolute Gasteiger partial charge is 0.367 e. The van der Waals surface area contributed by atoms with Crippen molar-refractivity contribution in [1.29, 1.82) is 0 Å². The minimum Gasteiger partial charge on any atom is -0.367 e. The highest BCUT2D eigenvalue weighted by Crippen LogP contribution is 2.13. The molecule has 0 heterocycles. The third-order valence-corrected chi connectivity index (χ3v) is 5.34. The molecule has 0 aliphatic heterocycles. The van der Waals surface area contributed by atoms with Gasteiger partial charge in [-0.05, 0) is 56.3 Å². The maximum absolute atomic E-state index is 10.6. The van der Waals surface area contributed by atoms with Crippen molar-refractivity contribution >= 4 is 9.05 Å². The maximum atomic E-state index is 10.6. The zero-order valence-corrected chi connectivity index (χ0v) is 17.3. The Morgan fingerprint density at radius 3 is 1.09 bits per heavy atom. The van der Waals surface area contributed by atoms with Gasteiger partial charge in [-0.25, -0.2) is 0 Å². The van der Waals surface area contributed by atoms with E-state index in [0.29, 0.717) is 37.6 Å². The lowest BCUT2D eigenvalue weighted by molar-refractivity contribution is -0.0112. The molecule has 0 saturated heterocycles. The predicted octanol–water partition coefficient (Wildman–Crippen LogP) is 4.77. The van der Waals surface area contributed by atoms with Crippen molar-refractivity contribution in [3.8, 4) is 0 Å². The molecule has 1 N–H and O–H groups in total. The summed E-state index contributed by atoms with van der Waals surface area (Å²) in [6.45, 7) is 14.7. The van der Waals surface area contributed by atoms with Crippen molar-refractivity contribution in [1.82, 2.24) is 0 Å².